The Morgan fingerprint density at radius 2 is 2.28 bits per heavy atom. The van der Waals surface area contributed by atoms with E-state index in [4.69, 9.17) is 0 Å². The number of fused-ring (bicyclic) bond motifs is 1. The zero-order valence-electron chi connectivity index (χ0n) is 11.0. The first kappa shape index (κ1) is 12.8. The molecule has 2 aromatic rings. The predicted molar refractivity (Wildman–Crippen MR) is 71.8 cm³/mol. The van der Waals surface area contributed by atoms with Gasteiger partial charge in [0.15, 0.2) is 5.65 Å². The van der Waals surface area contributed by atoms with E-state index >= 15 is 0 Å². The summed E-state index contributed by atoms with van der Waals surface area (Å²) in [5.41, 5.74) is 0.643. The maximum Gasteiger partial charge on any atom is 0.350 e. The van der Waals surface area contributed by atoms with E-state index in [1.54, 1.807) is 15.3 Å². The minimum atomic E-state index is -0.0621. The lowest BCUT2D eigenvalue weighted by molar-refractivity contribution is 0.415. The number of nitrogens with zero attached hydrogens (tertiary/aromatic N) is 3. The van der Waals surface area contributed by atoms with E-state index in [0.717, 1.165) is 19.5 Å². The number of rotatable bonds is 6. The Morgan fingerprint density at radius 1 is 1.44 bits per heavy atom. The van der Waals surface area contributed by atoms with Crippen LogP contribution in [0.3, 0.4) is 0 Å². The summed E-state index contributed by atoms with van der Waals surface area (Å²) in [5.74, 6) is 0.388. The molecule has 0 aliphatic heterocycles. The van der Waals surface area contributed by atoms with Gasteiger partial charge in [0.1, 0.15) is 0 Å². The normalized spacial score (nSPS) is 13.0. The number of nitrogens with one attached hydrogen (secondary N) is 1. The van der Waals surface area contributed by atoms with Crippen LogP contribution in [0.5, 0.6) is 0 Å². The smallest absolute Gasteiger partial charge is 0.316 e. The fourth-order valence-electron chi connectivity index (χ4n) is 1.97. The molecule has 2 aromatic heterocycles. The van der Waals surface area contributed by atoms with Crippen LogP contribution < -0.4 is 11.0 Å². The molecule has 0 aliphatic carbocycles. The molecule has 0 amide bonds. The average molecular weight is 248 g/mol. The van der Waals surface area contributed by atoms with Crippen LogP contribution in [0.1, 0.15) is 20.3 Å². The Labute approximate surface area is 106 Å². The van der Waals surface area contributed by atoms with Crippen molar-refractivity contribution in [1.29, 1.82) is 0 Å². The largest absolute Gasteiger partial charge is 0.350 e. The lowest BCUT2D eigenvalue weighted by Crippen LogP contribution is -2.29. The van der Waals surface area contributed by atoms with Gasteiger partial charge in [-0.3, -0.25) is 4.40 Å². The molecule has 0 radical (unpaired) electrons. The third-order valence-corrected chi connectivity index (χ3v) is 2.89. The number of hydrogen-bond acceptors (Lipinski definition) is 3. The van der Waals surface area contributed by atoms with Crippen LogP contribution in [0, 0.1) is 5.92 Å². The Bertz CT molecular complexity index is 557. The van der Waals surface area contributed by atoms with Gasteiger partial charge in [-0.2, -0.15) is 0 Å². The average Bonchev–Trinajstić information content (AvgIpc) is 2.67. The highest BCUT2D eigenvalue weighted by molar-refractivity contribution is 5.35. The van der Waals surface area contributed by atoms with Crippen LogP contribution >= 0.6 is 0 Å². The molecule has 0 saturated carbocycles. The van der Waals surface area contributed by atoms with Crippen molar-refractivity contribution in [3.63, 3.8) is 0 Å². The van der Waals surface area contributed by atoms with Gasteiger partial charge in [0.2, 0.25) is 0 Å². The zero-order chi connectivity index (χ0) is 13.0. The van der Waals surface area contributed by atoms with Crippen molar-refractivity contribution in [2.75, 3.05) is 13.1 Å². The first-order valence-corrected chi connectivity index (χ1v) is 6.47. The van der Waals surface area contributed by atoms with Gasteiger partial charge in [0.05, 0.1) is 6.54 Å². The molecule has 0 fully saturated rings. The first-order chi connectivity index (χ1) is 8.72. The van der Waals surface area contributed by atoms with Crippen molar-refractivity contribution in [2.24, 2.45) is 5.92 Å². The van der Waals surface area contributed by atoms with Crippen LogP contribution in [0.25, 0.3) is 5.65 Å². The van der Waals surface area contributed by atoms with Gasteiger partial charge in [0.25, 0.3) is 0 Å². The topological polar surface area (TPSA) is 51.3 Å². The van der Waals surface area contributed by atoms with E-state index in [0.29, 0.717) is 18.1 Å². The van der Waals surface area contributed by atoms with E-state index in [2.05, 4.69) is 24.3 Å². The second-order valence-corrected chi connectivity index (χ2v) is 4.70. The Morgan fingerprint density at radius 3 is 3.00 bits per heavy atom. The lowest BCUT2D eigenvalue weighted by atomic mass is 10.2. The summed E-state index contributed by atoms with van der Waals surface area (Å²) in [4.78, 5) is 12.0. The fraction of sp³-hybridized carbons (Fsp3) is 0.538. The summed E-state index contributed by atoms with van der Waals surface area (Å²) in [6.07, 6.45) is 2.88. The number of pyridine rings is 1. The van der Waals surface area contributed by atoms with Crippen molar-refractivity contribution in [3.05, 3.63) is 34.9 Å². The molecule has 98 valence electrons. The molecule has 1 N–H and O–H groups in total. The molecule has 5 nitrogen and oxygen atoms in total. The van der Waals surface area contributed by atoms with Gasteiger partial charge in [-0.05, 0) is 37.6 Å². The van der Waals surface area contributed by atoms with Crippen LogP contribution in [0.15, 0.2) is 29.2 Å². The summed E-state index contributed by atoms with van der Waals surface area (Å²) in [5, 5.41) is 7.68. The molecule has 18 heavy (non-hydrogen) atoms. The molecular formula is C13H20N4O. The minimum absolute atomic E-state index is 0.0621. The van der Waals surface area contributed by atoms with Gasteiger partial charge < -0.3 is 5.32 Å². The molecule has 0 aliphatic rings. The molecule has 2 heterocycles. The maximum absolute atomic E-state index is 12.0. The molecule has 0 saturated heterocycles. The quantitative estimate of drug-likeness (QED) is 0.780. The van der Waals surface area contributed by atoms with Crippen molar-refractivity contribution >= 4 is 5.65 Å². The van der Waals surface area contributed by atoms with Crippen molar-refractivity contribution < 1.29 is 0 Å². The van der Waals surface area contributed by atoms with Crippen LogP contribution in [0.4, 0.5) is 0 Å². The van der Waals surface area contributed by atoms with Gasteiger partial charge in [-0.15, -0.1) is 5.10 Å². The van der Waals surface area contributed by atoms with E-state index in [9.17, 15) is 4.79 Å². The van der Waals surface area contributed by atoms with Crippen molar-refractivity contribution in [2.45, 2.75) is 26.8 Å². The van der Waals surface area contributed by atoms with E-state index in [-0.39, 0.29) is 5.69 Å². The molecule has 5 heteroatoms. The monoisotopic (exact) mass is 248 g/mol. The van der Waals surface area contributed by atoms with Gasteiger partial charge in [-0.25, -0.2) is 9.48 Å². The third kappa shape index (κ3) is 2.79. The standard InChI is InChI=1S/C13H20N4O/c1-3-7-14-9-11(2)10-17-13(18)16-8-5-4-6-12(16)15-17/h4-6,8,11,14H,3,7,9-10H2,1-2H3. The van der Waals surface area contributed by atoms with Gasteiger partial charge >= 0.3 is 5.69 Å². The van der Waals surface area contributed by atoms with Crippen LogP contribution in [0.2, 0.25) is 0 Å². The Balaban J connectivity index is 2.07. The van der Waals surface area contributed by atoms with Crippen LogP contribution in [-0.4, -0.2) is 27.3 Å². The first-order valence-electron chi connectivity index (χ1n) is 6.47. The molecular weight excluding hydrogens is 228 g/mol. The lowest BCUT2D eigenvalue weighted by Gasteiger charge is -2.11. The van der Waals surface area contributed by atoms with E-state index in [1.807, 2.05) is 18.2 Å². The Hall–Kier alpha value is -1.62. The molecule has 0 spiro atoms. The summed E-state index contributed by atoms with van der Waals surface area (Å²) in [6.45, 7) is 6.85. The summed E-state index contributed by atoms with van der Waals surface area (Å²) in [7, 11) is 0. The molecule has 2 rings (SSSR count). The molecule has 0 aromatic carbocycles. The second-order valence-electron chi connectivity index (χ2n) is 4.70. The van der Waals surface area contributed by atoms with E-state index in [1.165, 1.54) is 0 Å². The molecule has 1 unspecified atom stereocenters. The Kier molecular flexibility index (Phi) is 4.15. The van der Waals surface area contributed by atoms with Gasteiger partial charge in [-0.1, -0.05) is 19.9 Å². The highest BCUT2D eigenvalue weighted by atomic mass is 16.2. The van der Waals surface area contributed by atoms with Gasteiger partial charge in [0, 0.05) is 6.20 Å². The maximum atomic E-state index is 12.0. The number of hydrogen-bond donors (Lipinski definition) is 1. The molecule has 0 bridgehead atoms. The van der Waals surface area contributed by atoms with Crippen molar-refractivity contribution in [1.82, 2.24) is 19.5 Å². The minimum Gasteiger partial charge on any atom is -0.316 e. The molecule has 1 atom stereocenters. The number of aromatic nitrogens is 3. The summed E-state index contributed by atoms with van der Waals surface area (Å²) in [6, 6.07) is 5.57. The fourth-order valence-corrected chi connectivity index (χ4v) is 1.97. The summed E-state index contributed by atoms with van der Waals surface area (Å²) >= 11 is 0. The zero-order valence-corrected chi connectivity index (χ0v) is 11.0. The highest BCUT2D eigenvalue weighted by Crippen LogP contribution is 1.99. The summed E-state index contributed by atoms with van der Waals surface area (Å²) < 4.78 is 3.12. The highest BCUT2D eigenvalue weighted by Gasteiger charge is 2.09. The van der Waals surface area contributed by atoms with E-state index < -0.39 is 0 Å². The van der Waals surface area contributed by atoms with Crippen molar-refractivity contribution in [3.8, 4) is 0 Å². The third-order valence-electron chi connectivity index (χ3n) is 2.89. The predicted octanol–water partition coefficient (Wildman–Crippen LogP) is 1.13. The second kappa shape index (κ2) is 5.82. The SMILES string of the molecule is CCCNCC(C)Cn1nc2ccccn2c1=O. The van der Waals surface area contributed by atoms with Crippen LogP contribution in [-0.2, 0) is 6.54 Å².